The van der Waals surface area contributed by atoms with Gasteiger partial charge in [-0.25, -0.2) is 9.59 Å². The molecule has 0 aliphatic rings. The summed E-state index contributed by atoms with van der Waals surface area (Å²) in [6.45, 7) is 8.94. The minimum Gasteiger partial charge on any atom is -0.468 e. The van der Waals surface area contributed by atoms with Gasteiger partial charge in [0.15, 0.2) is 11.5 Å². The van der Waals surface area contributed by atoms with Crippen LogP contribution in [-0.2, 0) is 35.0 Å². The molecule has 1 rings (SSSR count). The van der Waals surface area contributed by atoms with Crippen molar-refractivity contribution < 1.29 is 47.6 Å². The van der Waals surface area contributed by atoms with E-state index in [1.165, 1.54) is 19.2 Å². The molecule has 214 valence electrons. The second-order valence-corrected chi connectivity index (χ2v) is 9.07. The third-order valence-electron chi connectivity index (χ3n) is 5.59. The molecule has 0 heterocycles. The van der Waals surface area contributed by atoms with Crippen LogP contribution in [0.15, 0.2) is 18.2 Å². The molecule has 0 spiro atoms. The monoisotopic (exact) mass is 539 g/mol. The largest absolute Gasteiger partial charge is 0.514 e. The van der Waals surface area contributed by atoms with E-state index in [0.717, 1.165) is 12.8 Å². The normalized spacial score (nSPS) is 13.9. The first-order valence-corrected chi connectivity index (χ1v) is 12.9. The van der Waals surface area contributed by atoms with Crippen LogP contribution < -0.4 is 15.2 Å². The summed E-state index contributed by atoms with van der Waals surface area (Å²) in [5.74, 6) is -1.35. The Kier molecular flexibility index (Phi) is 14.2. The molecule has 1 aromatic carbocycles. The van der Waals surface area contributed by atoms with Crippen LogP contribution in [0, 0.1) is 0 Å². The van der Waals surface area contributed by atoms with Gasteiger partial charge in [0.05, 0.1) is 13.7 Å². The van der Waals surface area contributed by atoms with Gasteiger partial charge < -0.3 is 34.2 Å². The average Bonchev–Trinajstić information content (AvgIpc) is 2.84. The average molecular weight is 540 g/mol. The van der Waals surface area contributed by atoms with Gasteiger partial charge >= 0.3 is 24.2 Å². The van der Waals surface area contributed by atoms with Crippen LogP contribution in [0.5, 0.6) is 11.5 Å². The predicted octanol–water partition coefficient (Wildman–Crippen LogP) is 4.85. The van der Waals surface area contributed by atoms with Crippen LogP contribution in [0.1, 0.15) is 78.7 Å². The van der Waals surface area contributed by atoms with Gasteiger partial charge in [-0.2, -0.15) is 0 Å². The maximum atomic E-state index is 12.5. The fourth-order valence-corrected chi connectivity index (χ4v) is 3.59. The lowest BCUT2D eigenvalue weighted by Crippen LogP contribution is -2.51. The van der Waals surface area contributed by atoms with Crippen LogP contribution >= 0.6 is 0 Å². The van der Waals surface area contributed by atoms with Crippen LogP contribution in [-0.4, -0.2) is 55.7 Å². The lowest BCUT2D eigenvalue weighted by molar-refractivity contribution is -0.151. The standard InChI is InChI=1S/C27H41NO10/c1-7-10-18(4)35-25(31)37-21-13-12-20(16-22(21)38-26(32)36-19(5)11-8-2)17-27(28,24(30)33-6)14-15-34-23(29)9-3/h12-13,16,18-19H,7-11,14-15,17,28H2,1-6H3/t18-,19?,27+/m0/s1. The lowest BCUT2D eigenvalue weighted by atomic mass is 9.88. The number of hydrogen-bond donors (Lipinski definition) is 1. The van der Waals surface area contributed by atoms with Crippen molar-refractivity contribution in [1.82, 2.24) is 0 Å². The third kappa shape index (κ3) is 11.4. The van der Waals surface area contributed by atoms with Crippen LogP contribution in [0.3, 0.4) is 0 Å². The summed E-state index contributed by atoms with van der Waals surface area (Å²) in [4.78, 5) is 48.7. The van der Waals surface area contributed by atoms with Gasteiger partial charge in [-0.05, 0) is 44.4 Å². The Labute approximate surface area is 224 Å². The fraction of sp³-hybridized carbons (Fsp3) is 0.630. The maximum Gasteiger partial charge on any atom is 0.514 e. The molecule has 0 fully saturated rings. The molecular formula is C27H41NO10. The molecule has 2 N–H and O–H groups in total. The summed E-state index contributed by atoms with van der Waals surface area (Å²) in [5.41, 5.74) is 5.27. The Morgan fingerprint density at radius 2 is 1.45 bits per heavy atom. The number of hydrogen-bond acceptors (Lipinski definition) is 11. The Morgan fingerprint density at radius 1 is 0.895 bits per heavy atom. The quantitative estimate of drug-likeness (QED) is 0.185. The number of methoxy groups -OCH3 is 1. The van der Waals surface area contributed by atoms with Gasteiger partial charge in [0.2, 0.25) is 0 Å². The molecule has 0 aliphatic carbocycles. The SMILES string of the molecule is CCCC(C)OC(=O)Oc1cc(C[C@](N)(CCOC(=O)CC)C(=O)OC)ccc1OC(=O)O[C@@H](C)CCC. The van der Waals surface area contributed by atoms with Gasteiger partial charge in [-0.3, -0.25) is 9.59 Å². The minimum atomic E-state index is -1.55. The van der Waals surface area contributed by atoms with E-state index >= 15 is 0 Å². The van der Waals surface area contributed by atoms with Crippen LogP contribution in [0.2, 0.25) is 0 Å². The van der Waals surface area contributed by atoms with Crippen molar-refractivity contribution >= 4 is 24.2 Å². The highest BCUT2D eigenvalue weighted by molar-refractivity contribution is 5.81. The molecule has 11 heteroatoms. The van der Waals surface area contributed by atoms with Crippen molar-refractivity contribution in [3.63, 3.8) is 0 Å². The molecule has 0 aromatic heterocycles. The zero-order chi connectivity index (χ0) is 28.7. The molecule has 3 atom stereocenters. The molecule has 11 nitrogen and oxygen atoms in total. The topological polar surface area (TPSA) is 150 Å². The summed E-state index contributed by atoms with van der Waals surface area (Å²) in [6.07, 6.45) is 0.323. The van der Waals surface area contributed by atoms with Gasteiger partial charge in [-0.1, -0.05) is 39.7 Å². The van der Waals surface area contributed by atoms with E-state index in [4.69, 9.17) is 34.2 Å². The summed E-state index contributed by atoms with van der Waals surface area (Å²) < 4.78 is 31.1. The number of rotatable bonds is 15. The van der Waals surface area contributed by atoms with Gasteiger partial charge in [-0.15, -0.1) is 0 Å². The number of esters is 2. The van der Waals surface area contributed by atoms with Gasteiger partial charge in [0.1, 0.15) is 17.7 Å². The van der Waals surface area contributed by atoms with Crippen molar-refractivity contribution in [2.24, 2.45) is 5.73 Å². The molecule has 0 bridgehead atoms. The van der Waals surface area contributed by atoms with E-state index in [2.05, 4.69) is 0 Å². The number of ether oxygens (including phenoxy) is 6. The highest BCUT2D eigenvalue weighted by Gasteiger charge is 2.36. The molecule has 0 saturated carbocycles. The smallest absolute Gasteiger partial charge is 0.468 e. The summed E-state index contributed by atoms with van der Waals surface area (Å²) >= 11 is 0. The fourth-order valence-electron chi connectivity index (χ4n) is 3.59. The zero-order valence-corrected chi connectivity index (χ0v) is 23.2. The maximum absolute atomic E-state index is 12.5. The molecule has 0 radical (unpaired) electrons. The van der Waals surface area contributed by atoms with E-state index in [-0.39, 0.29) is 49.6 Å². The molecule has 1 aromatic rings. The first kappa shape index (κ1) is 32.7. The Balaban J connectivity index is 3.21. The predicted molar refractivity (Wildman–Crippen MR) is 138 cm³/mol. The number of nitrogens with two attached hydrogens (primary N) is 1. The van der Waals surface area contributed by atoms with Crippen molar-refractivity contribution in [1.29, 1.82) is 0 Å². The Morgan fingerprint density at radius 3 is 1.95 bits per heavy atom. The van der Waals surface area contributed by atoms with E-state index in [9.17, 15) is 19.2 Å². The summed E-state index contributed by atoms with van der Waals surface area (Å²) in [5, 5.41) is 0. The van der Waals surface area contributed by atoms with Crippen molar-refractivity contribution in [2.75, 3.05) is 13.7 Å². The summed E-state index contributed by atoms with van der Waals surface area (Å²) in [6, 6.07) is 4.36. The second-order valence-electron chi connectivity index (χ2n) is 9.07. The van der Waals surface area contributed by atoms with E-state index in [1.807, 2.05) is 13.8 Å². The third-order valence-corrected chi connectivity index (χ3v) is 5.59. The van der Waals surface area contributed by atoms with Crippen molar-refractivity contribution in [3.05, 3.63) is 23.8 Å². The lowest BCUT2D eigenvalue weighted by Gasteiger charge is -2.26. The molecule has 0 saturated heterocycles. The van der Waals surface area contributed by atoms with Crippen LogP contribution in [0.4, 0.5) is 9.59 Å². The Hall–Kier alpha value is -3.34. The number of carbonyl (C=O) groups is 4. The molecule has 38 heavy (non-hydrogen) atoms. The van der Waals surface area contributed by atoms with E-state index in [0.29, 0.717) is 18.4 Å². The van der Waals surface area contributed by atoms with Crippen molar-refractivity contribution in [2.45, 2.75) is 97.3 Å². The van der Waals surface area contributed by atoms with E-state index in [1.54, 1.807) is 26.8 Å². The number of benzene rings is 1. The zero-order valence-electron chi connectivity index (χ0n) is 23.2. The summed E-state index contributed by atoms with van der Waals surface area (Å²) in [7, 11) is 1.20. The second kappa shape index (κ2) is 16.5. The number of carbonyl (C=O) groups excluding carboxylic acids is 4. The van der Waals surface area contributed by atoms with Gasteiger partial charge in [0, 0.05) is 19.3 Å². The minimum absolute atomic E-state index is 0.0158. The van der Waals surface area contributed by atoms with Crippen LogP contribution in [0.25, 0.3) is 0 Å². The highest BCUT2D eigenvalue weighted by Crippen LogP contribution is 2.31. The van der Waals surface area contributed by atoms with E-state index < -0.39 is 29.8 Å². The Bertz CT molecular complexity index is 934. The molecule has 0 aliphatic heterocycles. The molecule has 1 unspecified atom stereocenters. The molecular weight excluding hydrogens is 498 g/mol. The highest BCUT2D eigenvalue weighted by atomic mass is 16.7. The van der Waals surface area contributed by atoms with Gasteiger partial charge in [0.25, 0.3) is 0 Å². The first-order chi connectivity index (χ1) is 18.0. The first-order valence-electron chi connectivity index (χ1n) is 12.9. The van der Waals surface area contributed by atoms with Crippen molar-refractivity contribution in [3.8, 4) is 11.5 Å². The molecule has 0 amide bonds.